The molecule has 3 aromatic rings. The van der Waals surface area contributed by atoms with Crippen LogP contribution in [-0.2, 0) is 0 Å². The van der Waals surface area contributed by atoms with E-state index in [0.29, 0.717) is 13.2 Å². The summed E-state index contributed by atoms with van der Waals surface area (Å²) in [6, 6.07) is 29.9. The smallest absolute Gasteiger partial charge is 0.119 e. The first-order chi connectivity index (χ1) is 16.5. The topological polar surface area (TPSA) is 35.9 Å². The van der Waals surface area contributed by atoms with E-state index in [0.717, 1.165) is 30.8 Å². The lowest BCUT2D eigenvalue weighted by atomic mass is 9.85. The number of nitrogens with zero attached hydrogens (tertiary/aromatic N) is 2. The van der Waals surface area contributed by atoms with E-state index in [1.165, 1.54) is 22.3 Å². The van der Waals surface area contributed by atoms with E-state index in [1.807, 2.05) is 0 Å². The molecule has 0 aliphatic carbocycles. The normalized spacial score (nSPS) is 18.1. The number of likely N-dealkylation sites (tertiary alicyclic amines) is 1. The fourth-order valence-corrected chi connectivity index (χ4v) is 4.66. The van der Waals surface area contributed by atoms with E-state index in [-0.39, 0.29) is 12.1 Å². The molecule has 0 bridgehead atoms. The summed E-state index contributed by atoms with van der Waals surface area (Å²) >= 11 is 0. The van der Waals surface area contributed by atoms with Gasteiger partial charge < -0.3 is 14.7 Å². The Hall–Kier alpha value is -2.92. The monoisotopic (exact) mass is 456 g/mol. The average Bonchev–Trinajstić information content (AvgIpc) is 3.30. The van der Waals surface area contributed by atoms with Crippen LogP contribution >= 0.6 is 0 Å². The molecule has 34 heavy (non-hydrogen) atoms. The summed E-state index contributed by atoms with van der Waals surface area (Å²) in [5.41, 5.74) is 6.06. The Kier molecular flexibility index (Phi) is 8.17. The van der Waals surface area contributed by atoms with Gasteiger partial charge in [0.15, 0.2) is 0 Å². The molecule has 2 unspecified atom stereocenters. The van der Waals surface area contributed by atoms with Crippen molar-refractivity contribution in [3.63, 3.8) is 0 Å². The molecule has 4 heteroatoms. The van der Waals surface area contributed by atoms with Gasteiger partial charge in [-0.2, -0.15) is 0 Å². The highest BCUT2D eigenvalue weighted by Crippen LogP contribution is 2.37. The minimum atomic E-state index is -0.252. The van der Waals surface area contributed by atoms with E-state index in [9.17, 15) is 5.11 Å². The van der Waals surface area contributed by atoms with Gasteiger partial charge in [-0.25, -0.2) is 0 Å². The fourth-order valence-electron chi connectivity index (χ4n) is 4.66. The third kappa shape index (κ3) is 5.95. The molecule has 4 rings (SSSR count). The summed E-state index contributed by atoms with van der Waals surface area (Å²) in [6.45, 7) is 5.42. The summed E-state index contributed by atoms with van der Waals surface area (Å²) in [4.78, 5) is 4.52. The van der Waals surface area contributed by atoms with Crippen molar-refractivity contribution < 1.29 is 9.84 Å². The van der Waals surface area contributed by atoms with Crippen molar-refractivity contribution in [1.82, 2.24) is 9.80 Å². The Balaban J connectivity index is 1.80. The van der Waals surface area contributed by atoms with Gasteiger partial charge >= 0.3 is 0 Å². The van der Waals surface area contributed by atoms with Gasteiger partial charge in [-0.05, 0) is 67.4 Å². The SMILES string of the molecule is CC(/C(=C(/c1ccccc1)c1ccc(OCCN(C)C)cc1)c1ccccc1)N1CCC(O)C1. The van der Waals surface area contributed by atoms with Crippen molar-refractivity contribution in [2.24, 2.45) is 0 Å². The largest absolute Gasteiger partial charge is 0.492 e. The number of ether oxygens (including phenoxy) is 1. The molecular weight excluding hydrogens is 420 g/mol. The van der Waals surface area contributed by atoms with Gasteiger partial charge in [0.25, 0.3) is 0 Å². The van der Waals surface area contributed by atoms with Crippen LogP contribution in [0.2, 0.25) is 0 Å². The molecule has 1 fully saturated rings. The fraction of sp³-hybridized carbons (Fsp3) is 0.333. The molecule has 0 radical (unpaired) electrons. The maximum atomic E-state index is 10.2. The van der Waals surface area contributed by atoms with Gasteiger partial charge in [-0.1, -0.05) is 72.8 Å². The Morgan fingerprint density at radius 2 is 1.50 bits per heavy atom. The summed E-state index contributed by atoms with van der Waals surface area (Å²) in [5.74, 6) is 0.884. The molecule has 0 amide bonds. The number of hydrogen-bond acceptors (Lipinski definition) is 4. The van der Waals surface area contributed by atoms with Gasteiger partial charge in [0.1, 0.15) is 12.4 Å². The van der Waals surface area contributed by atoms with E-state index < -0.39 is 0 Å². The van der Waals surface area contributed by atoms with Gasteiger partial charge in [-0.15, -0.1) is 0 Å². The van der Waals surface area contributed by atoms with Crippen molar-refractivity contribution in [2.45, 2.75) is 25.5 Å². The number of benzene rings is 3. The highest BCUT2D eigenvalue weighted by Gasteiger charge is 2.29. The first-order valence-electron chi connectivity index (χ1n) is 12.2. The number of β-amino-alcohol motifs (C(OH)–C–C–N with tert-alkyl or cyclic N) is 1. The minimum Gasteiger partial charge on any atom is -0.492 e. The zero-order chi connectivity index (χ0) is 23.9. The van der Waals surface area contributed by atoms with E-state index in [4.69, 9.17) is 4.74 Å². The lowest BCUT2D eigenvalue weighted by molar-refractivity contribution is 0.172. The Morgan fingerprint density at radius 1 is 0.912 bits per heavy atom. The highest BCUT2D eigenvalue weighted by atomic mass is 16.5. The van der Waals surface area contributed by atoms with Crippen LogP contribution in [0.5, 0.6) is 5.75 Å². The molecule has 3 aromatic carbocycles. The quantitative estimate of drug-likeness (QED) is 0.458. The second-order valence-electron chi connectivity index (χ2n) is 9.31. The number of rotatable bonds is 9. The molecule has 178 valence electrons. The Bertz CT molecular complexity index is 1060. The number of aliphatic hydroxyl groups excluding tert-OH is 1. The second-order valence-corrected chi connectivity index (χ2v) is 9.31. The average molecular weight is 457 g/mol. The van der Waals surface area contributed by atoms with Crippen molar-refractivity contribution in [3.8, 4) is 5.75 Å². The van der Waals surface area contributed by atoms with Gasteiger partial charge in [0.05, 0.1) is 6.10 Å². The van der Waals surface area contributed by atoms with E-state index in [1.54, 1.807) is 0 Å². The molecule has 0 saturated carbocycles. The summed E-state index contributed by atoms with van der Waals surface area (Å²) < 4.78 is 5.95. The van der Waals surface area contributed by atoms with Crippen molar-refractivity contribution in [3.05, 3.63) is 102 Å². The van der Waals surface area contributed by atoms with Gasteiger partial charge in [0, 0.05) is 25.7 Å². The Morgan fingerprint density at radius 3 is 2.06 bits per heavy atom. The molecule has 1 N–H and O–H groups in total. The third-order valence-corrected chi connectivity index (χ3v) is 6.53. The van der Waals surface area contributed by atoms with Crippen LogP contribution in [0, 0.1) is 0 Å². The Labute approximate surface area is 204 Å². The standard InChI is InChI=1S/C30H36N2O2/c1-23(32-19-18-27(33)22-32)29(24-10-6-4-7-11-24)30(25-12-8-5-9-13-25)26-14-16-28(17-15-26)34-21-20-31(2)3/h4-17,23,27,33H,18-22H2,1-3H3/b30-29+. The van der Waals surface area contributed by atoms with Crippen LogP contribution in [0.25, 0.3) is 11.1 Å². The molecule has 4 nitrogen and oxygen atoms in total. The zero-order valence-corrected chi connectivity index (χ0v) is 20.5. The first-order valence-corrected chi connectivity index (χ1v) is 12.2. The number of aliphatic hydroxyl groups is 1. The highest BCUT2D eigenvalue weighted by molar-refractivity contribution is 6.00. The predicted molar refractivity (Wildman–Crippen MR) is 141 cm³/mol. The summed E-state index contributed by atoms with van der Waals surface area (Å²) in [5, 5.41) is 10.2. The molecule has 1 saturated heterocycles. The lowest BCUT2D eigenvalue weighted by Gasteiger charge is -2.30. The minimum absolute atomic E-state index is 0.158. The van der Waals surface area contributed by atoms with Crippen molar-refractivity contribution >= 4 is 11.1 Å². The van der Waals surface area contributed by atoms with Crippen molar-refractivity contribution in [1.29, 1.82) is 0 Å². The lowest BCUT2D eigenvalue weighted by Crippen LogP contribution is -2.33. The predicted octanol–water partition coefficient (Wildman–Crippen LogP) is 5.04. The first kappa shape index (κ1) is 24.2. The van der Waals surface area contributed by atoms with Crippen LogP contribution in [0.4, 0.5) is 0 Å². The van der Waals surface area contributed by atoms with E-state index in [2.05, 4.69) is 116 Å². The van der Waals surface area contributed by atoms with Crippen LogP contribution in [0.3, 0.4) is 0 Å². The van der Waals surface area contributed by atoms with Crippen LogP contribution in [-0.4, -0.2) is 67.4 Å². The maximum absolute atomic E-state index is 10.2. The maximum Gasteiger partial charge on any atom is 0.119 e. The second kappa shape index (κ2) is 11.5. The van der Waals surface area contributed by atoms with E-state index >= 15 is 0 Å². The number of hydrogen-bond donors (Lipinski definition) is 1. The van der Waals surface area contributed by atoms with Crippen LogP contribution in [0.15, 0.2) is 84.9 Å². The molecule has 2 atom stereocenters. The zero-order valence-electron chi connectivity index (χ0n) is 20.5. The van der Waals surface area contributed by atoms with Crippen LogP contribution < -0.4 is 4.74 Å². The molecule has 1 aliphatic heterocycles. The molecule has 0 spiro atoms. The summed E-state index contributed by atoms with van der Waals surface area (Å²) in [7, 11) is 4.10. The van der Waals surface area contributed by atoms with Gasteiger partial charge in [-0.3, -0.25) is 4.90 Å². The third-order valence-electron chi connectivity index (χ3n) is 6.53. The molecule has 1 heterocycles. The van der Waals surface area contributed by atoms with Gasteiger partial charge in [0.2, 0.25) is 0 Å². The van der Waals surface area contributed by atoms with Crippen molar-refractivity contribution in [2.75, 3.05) is 40.3 Å². The number of likely N-dealkylation sites (N-methyl/N-ethyl adjacent to an activating group) is 1. The molecule has 0 aromatic heterocycles. The molecular formula is C30H36N2O2. The molecule has 1 aliphatic rings. The van der Waals surface area contributed by atoms with Crippen LogP contribution in [0.1, 0.15) is 30.0 Å². The summed E-state index contributed by atoms with van der Waals surface area (Å²) in [6.07, 6.45) is 0.574.